The highest BCUT2D eigenvalue weighted by atomic mass is 19.4. The molecule has 4 rings (SSSR count). The summed E-state index contributed by atoms with van der Waals surface area (Å²) in [4.78, 5) is 25.6. The number of benzene rings is 3. The van der Waals surface area contributed by atoms with Gasteiger partial charge in [-0.05, 0) is 59.9 Å². The zero-order valence-corrected chi connectivity index (χ0v) is 19.2. The van der Waals surface area contributed by atoms with Crippen LogP contribution in [0.2, 0.25) is 0 Å². The van der Waals surface area contributed by atoms with Gasteiger partial charge in [-0.15, -0.1) is 0 Å². The first kappa shape index (κ1) is 25.0. The number of aromatic nitrogens is 1. The summed E-state index contributed by atoms with van der Waals surface area (Å²) in [6.45, 7) is 0.0266. The van der Waals surface area contributed by atoms with Crippen LogP contribution in [-0.2, 0) is 19.6 Å². The van der Waals surface area contributed by atoms with Gasteiger partial charge in [0.05, 0.1) is 16.6 Å². The van der Waals surface area contributed by atoms with E-state index >= 15 is 0 Å². The van der Waals surface area contributed by atoms with Crippen LogP contribution in [0.15, 0.2) is 71.5 Å². The van der Waals surface area contributed by atoms with Crippen LogP contribution in [0.3, 0.4) is 0 Å². The zero-order valence-electron chi connectivity index (χ0n) is 19.2. The zero-order chi connectivity index (χ0) is 26.0. The Bertz CT molecular complexity index is 1490. The molecular weight excluding hydrogens is 476 g/mol. The first-order valence-electron chi connectivity index (χ1n) is 11.1. The van der Waals surface area contributed by atoms with Gasteiger partial charge in [-0.1, -0.05) is 36.4 Å². The van der Waals surface area contributed by atoms with Crippen molar-refractivity contribution in [3.8, 4) is 16.9 Å². The second-order valence-corrected chi connectivity index (χ2v) is 8.34. The number of halogens is 4. The maximum absolute atomic E-state index is 13.3. The van der Waals surface area contributed by atoms with Crippen LogP contribution in [-0.4, -0.2) is 22.1 Å². The molecule has 0 saturated heterocycles. The van der Waals surface area contributed by atoms with E-state index in [1.165, 1.54) is 41.9 Å². The van der Waals surface area contributed by atoms with Crippen molar-refractivity contribution in [3.05, 3.63) is 99.6 Å². The predicted molar refractivity (Wildman–Crippen MR) is 128 cm³/mol. The van der Waals surface area contributed by atoms with Crippen molar-refractivity contribution in [1.82, 2.24) is 9.88 Å². The average Bonchev–Trinajstić information content (AvgIpc) is 2.85. The van der Waals surface area contributed by atoms with Crippen LogP contribution in [0.25, 0.3) is 22.0 Å². The summed E-state index contributed by atoms with van der Waals surface area (Å²) in [6, 6.07) is 15.9. The number of hydrogen-bond donors (Lipinski definition) is 2. The summed E-state index contributed by atoms with van der Waals surface area (Å²) >= 11 is 0. The third-order valence-corrected chi connectivity index (χ3v) is 6.01. The molecule has 1 heterocycles. The Morgan fingerprint density at radius 3 is 2.36 bits per heavy atom. The molecule has 186 valence electrons. The van der Waals surface area contributed by atoms with Crippen molar-refractivity contribution in [3.63, 3.8) is 0 Å². The van der Waals surface area contributed by atoms with Gasteiger partial charge in [0.15, 0.2) is 5.75 Å². The van der Waals surface area contributed by atoms with Gasteiger partial charge in [0.25, 0.3) is 11.5 Å². The second kappa shape index (κ2) is 9.85. The number of fused-ring (bicyclic) bond motifs is 1. The lowest BCUT2D eigenvalue weighted by Gasteiger charge is -2.15. The Morgan fingerprint density at radius 2 is 1.67 bits per heavy atom. The summed E-state index contributed by atoms with van der Waals surface area (Å²) in [5.41, 5.74) is 0.103. The lowest BCUT2D eigenvalue weighted by Crippen LogP contribution is -2.28. The third kappa shape index (κ3) is 4.95. The molecule has 1 amide bonds. The molecule has 0 saturated carbocycles. The molecular formula is C27H22F4N2O3. The molecule has 0 aliphatic rings. The molecule has 0 radical (unpaired) electrons. The van der Waals surface area contributed by atoms with Crippen LogP contribution in [0.1, 0.15) is 27.9 Å². The Hall–Kier alpha value is -4.14. The van der Waals surface area contributed by atoms with Gasteiger partial charge in [-0.3, -0.25) is 9.59 Å². The van der Waals surface area contributed by atoms with Gasteiger partial charge in [0.2, 0.25) is 0 Å². The number of carbonyl (C=O) groups is 1. The van der Waals surface area contributed by atoms with Crippen molar-refractivity contribution in [1.29, 1.82) is 0 Å². The van der Waals surface area contributed by atoms with Crippen LogP contribution in [0, 0.1) is 5.82 Å². The fourth-order valence-corrected chi connectivity index (χ4v) is 4.17. The number of carbonyl (C=O) groups excluding carboxylic acids is 1. The maximum Gasteiger partial charge on any atom is 0.416 e. The summed E-state index contributed by atoms with van der Waals surface area (Å²) in [5, 5.41) is 13.4. The van der Waals surface area contributed by atoms with Gasteiger partial charge in [-0.2, -0.15) is 13.2 Å². The van der Waals surface area contributed by atoms with Crippen molar-refractivity contribution in [2.45, 2.75) is 19.0 Å². The molecule has 0 unspecified atom stereocenters. The van der Waals surface area contributed by atoms with E-state index < -0.39 is 34.8 Å². The maximum atomic E-state index is 13.3. The molecule has 4 aromatic rings. The monoisotopic (exact) mass is 498 g/mol. The highest BCUT2D eigenvalue weighted by Crippen LogP contribution is 2.32. The van der Waals surface area contributed by atoms with Crippen molar-refractivity contribution >= 4 is 16.8 Å². The lowest BCUT2D eigenvalue weighted by atomic mass is 9.99. The van der Waals surface area contributed by atoms with Gasteiger partial charge in [0.1, 0.15) is 5.82 Å². The van der Waals surface area contributed by atoms with Gasteiger partial charge in [-0.25, -0.2) is 4.39 Å². The number of nitrogens with one attached hydrogen (secondary N) is 1. The number of aromatic hydroxyl groups is 1. The SMILES string of the molecule is Cn1c(=O)c(O)c(C(=O)NCCCc2ccccc2C(F)(F)F)c2cc(-c3ccc(F)cc3)ccc21. The smallest absolute Gasteiger partial charge is 0.416 e. The van der Waals surface area contributed by atoms with Crippen LogP contribution >= 0.6 is 0 Å². The first-order chi connectivity index (χ1) is 17.1. The molecule has 1 aromatic heterocycles. The Labute approximate surface area is 203 Å². The Balaban J connectivity index is 1.60. The van der Waals surface area contributed by atoms with Crippen molar-refractivity contribution in [2.75, 3.05) is 6.54 Å². The van der Waals surface area contributed by atoms with E-state index in [9.17, 15) is 32.3 Å². The van der Waals surface area contributed by atoms with Crippen LogP contribution < -0.4 is 10.9 Å². The van der Waals surface area contributed by atoms with E-state index in [0.29, 0.717) is 22.0 Å². The number of hydrogen-bond acceptors (Lipinski definition) is 3. The van der Waals surface area contributed by atoms with Gasteiger partial charge >= 0.3 is 6.18 Å². The molecule has 2 N–H and O–H groups in total. The summed E-state index contributed by atoms with van der Waals surface area (Å²) in [7, 11) is 1.46. The second-order valence-electron chi connectivity index (χ2n) is 8.34. The molecule has 3 aromatic carbocycles. The highest BCUT2D eigenvalue weighted by molar-refractivity contribution is 6.09. The minimum Gasteiger partial charge on any atom is -0.502 e. The highest BCUT2D eigenvalue weighted by Gasteiger charge is 2.32. The summed E-state index contributed by atoms with van der Waals surface area (Å²) < 4.78 is 54.1. The first-order valence-corrected chi connectivity index (χ1v) is 11.1. The number of alkyl halides is 3. The molecule has 0 spiro atoms. The molecule has 0 atom stereocenters. The van der Waals surface area contributed by atoms with Crippen LogP contribution in [0.4, 0.5) is 17.6 Å². The molecule has 36 heavy (non-hydrogen) atoms. The normalized spacial score (nSPS) is 11.6. The Morgan fingerprint density at radius 1 is 1.00 bits per heavy atom. The predicted octanol–water partition coefficient (Wildman–Crippen LogP) is 5.43. The molecule has 0 fully saturated rings. The number of aryl methyl sites for hydroxylation is 2. The molecule has 0 aliphatic heterocycles. The molecule has 0 aliphatic carbocycles. The standard InChI is InChI=1S/C27H22F4N2O3/c1-33-22-13-10-18(16-8-11-19(28)12-9-16)15-20(22)23(24(34)26(33)36)25(35)32-14-4-6-17-5-2-3-7-21(17)27(29,30)31/h2-3,5,7-13,15,34H,4,6,14H2,1H3,(H,32,35). The van der Waals surface area contributed by atoms with E-state index in [2.05, 4.69) is 5.32 Å². The lowest BCUT2D eigenvalue weighted by molar-refractivity contribution is -0.138. The van der Waals surface area contributed by atoms with Crippen molar-refractivity contribution in [2.24, 2.45) is 7.05 Å². The van der Waals surface area contributed by atoms with E-state index in [1.54, 1.807) is 30.3 Å². The number of pyridine rings is 1. The van der Waals surface area contributed by atoms with E-state index in [0.717, 1.165) is 6.07 Å². The number of amides is 1. The third-order valence-electron chi connectivity index (χ3n) is 6.01. The van der Waals surface area contributed by atoms with Crippen molar-refractivity contribution < 1.29 is 27.5 Å². The summed E-state index contributed by atoms with van der Waals surface area (Å²) in [6.07, 6.45) is -4.19. The fourth-order valence-electron chi connectivity index (χ4n) is 4.17. The van der Waals surface area contributed by atoms with Crippen LogP contribution in [0.5, 0.6) is 5.75 Å². The topological polar surface area (TPSA) is 71.3 Å². The molecule has 9 heteroatoms. The largest absolute Gasteiger partial charge is 0.502 e. The quantitative estimate of drug-likeness (QED) is 0.275. The van der Waals surface area contributed by atoms with E-state index in [-0.39, 0.29) is 30.5 Å². The average molecular weight is 498 g/mol. The van der Waals surface area contributed by atoms with Gasteiger partial charge in [0, 0.05) is 19.0 Å². The van der Waals surface area contributed by atoms with Gasteiger partial charge < -0.3 is 15.0 Å². The fraction of sp³-hybridized carbons (Fsp3) is 0.185. The Kier molecular flexibility index (Phi) is 6.83. The molecule has 0 bridgehead atoms. The minimum absolute atomic E-state index is 0.0266. The molecule has 5 nitrogen and oxygen atoms in total. The number of nitrogens with zero attached hydrogens (tertiary/aromatic N) is 1. The van der Waals surface area contributed by atoms with E-state index in [1.807, 2.05) is 0 Å². The van der Waals surface area contributed by atoms with E-state index in [4.69, 9.17) is 0 Å². The summed E-state index contributed by atoms with van der Waals surface area (Å²) in [5.74, 6) is -1.87. The number of rotatable bonds is 6. The minimum atomic E-state index is -4.48.